The summed E-state index contributed by atoms with van der Waals surface area (Å²) in [5.74, 6) is 0.319. The first-order valence-electron chi connectivity index (χ1n) is 6.26. The minimum Gasteiger partial charge on any atom is -0.507 e. The van der Waals surface area contributed by atoms with Crippen molar-refractivity contribution in [1.29, 1.82) is 0 Å². The second-order valence-corrected chi connectivity index (χ2v) is 4.87. The molecule has 0 aromatic heterocycles. The fourth-order valence-electron chi connectivity index (χ4n) is 1.84. The van der Waals surface area contributed by atoms with Crippen LogP contribution in [0.1, 0.15) is 30.6 Å². The molecule has 1 atom stereocenters. The van der Waals surface area contributed by atoms with Crippen LogP contribution in [0.25, 0.3) is 0 Å². The van der Waals surface area contributed by atoms with Crippen molar-refractivity contribution >= 4 is 5.91 Å². The number of aliphatic hydroxyl groups is 1. The van der Waals surface area contributed by atoms with Crippen LogP contribution < -0.4 is 10.1 Å². The van der Waals surface area contributed by atoms with E-state index in [1.54, 1.807) is 6.07 Å². The van der Waals surface area contributed by atoms with Crippen LogP contribution in [0.15, 0.2) is 18.2 Å². The molecule has 0 spiro atoms. The van der Waals surface area contributed by atoms with Gasteiger partial charge >= 0.3 is 0 Å². The van der Waals surface area contributed by atoms with Crippen molar-refractivity contribution in [2.24, 2.45) is 5.92 Å². The number of amides is 1. The number of phenolic OH excluding ortho intramolecular Hbond substituents is 1. The zero-order valence-corrected chi connectivity index (χ0v) is 11.5. The highest BCUT2D eigenvalue weighted by atomic mass is 16.5. The first kappa shape index (κ1) is 15.3. The van der Waals surface area contributed by atoms with Crippen molar-refractivity contribution in [3.05, 3.63) is 23.8 Å². The van der Waals surface area contributed by atoms with Crippen LogP contribution in [0.5, 0.6) is 11.5 Å². The van der Waals surface area contributed by atoms with E-state index >= 15 is 0 Å². The van der Waals surface area contributed by atoms with E-state index in [2.05, 4.69) is 5.32 Å². The molecule has 3 N–H and O–H groups in total. The Bertz CT molecular complexity index is 431. The van der Waals surface area contributed by atoms with E-state index in [1.807, 2.05) is 13.8 Å². The topological polar surface area (TPSA) is 78.8 Å². The highest BCUT2D eigenvalue weighted by Crippen LogP contribution is 2.23. The molecule has 0 saturated heterocycles. The number of ether oxygens (including phenoxy) is 1. The number of phenols is 1. The molecule has 0 aliphatic heterocycles. The summed E-state index contributed by atoms with van der Waals surface area (Å²) in [6.45, 7) is 3.89. The normalized spacial score (nSPS) is 12.3. The molecule has 19 heavy (non-hydrogen) atoms. The lowest BCUT2D eigenvalue weighted by Gasteiger charge is -2.18. The molecule has 1 rings (SSSR count). The molecule has 0 aliphatic carbocycles. The summed E-state index contributed by atoms with van der Waals surface area (Å²) in [6.07, 6.45) is 0.674. The van der Waals surface area contributed by atoms with Crippen LogP contribution in [0, 0.1) is 5.92 Å². The van der Waals surface area contributed by atoms with Crippen molar-refractivity contribution in [2.75, 3.05) is 13.7 Å². The van der Waals surface area contributed by atoms with Crippen LogP contribution >= 0.6 is 0 Å². The van der Waals surface area contributed by atoms with Gasteiger partial charge < -0.3 is 20.3 Å². The van der Waals surface area contributed by atoms with Gasteiger partial charge in [0.1, 0.15) is 11.5 Å². The van der Waals surface area contributed by atoms with Gasteiger partial charge in [-0.1, -0.05) is 13.8 Å². The number of methoxy groups -OCH3 is 1. The fourth-order valence-corrected chi connectivity index (χ4v) is 1.84. The van der Waals surface area contributed by atoms with E-state index in [4.69, 9.17) is 4.74 Å². The SMILES string of the molecule is COc1ccc(O)c(C(=O)NC(CO)CC(C)C)c1. The standard InChI is InChI=1S/C14H21NO4/c1-9(2)6-10(8-16)15-14(18)12-7-11(19-3)4-5-13(12)17/h4-5,7,9-10,16-17H,6,8H2,1-3H3,(H,15,18). The van der Waals surface area contributed by atoms with Gasteiger partial charge in [0.25, 0.3) is 5.91 Å². The number of nitrogens with one attached hydrogen (secondary N) is 1. The molecule has 0 bridgehead atoms. The third kappa shape index (κ3) is 4.44. The zero-order chi connectivity index (χ0) is 14.4. The van der Waals surface area contributed by atoms with Crippen LogP contribution in [0.4, 0.5) is 0 Å². The van der Waals surface area contributed by atoms with Crippen molar-refractivity contribution in [3.8, 4) is 11.5 Å². The molecule has 5 nitrogen and oxygen atoms in total. The third-order valence-corrected chi connectivity index (χ3v) is 2.76. The lowest BCUT2D eigenvalue weighted by Crippen LogP contribution is -2.38. The van der Waals surface area contributed by atoms with Gasteiger partial charge in [-0.25, -0.2) is 0 Å². The molecule has 5 heteroatoms. The Morgan fingerprint density at radius 2 is 2.11 bits per heavy atom. The summed E-state index contributed by atoms with van der Waals surface area (Å²) in [4.78, 5) is 12.0. The van der Waals surface area contributed by atoms with Gasteiger partial charge in [-0.15, -0.1) is 0 Å². The van der Waals surface area contributed by atoms with Crippen LogP contribution in [-0.4, -0.2) is 35.9 Å². The molecule has 0 radical (unpaired) electrons. The number of aliphatic hydroxyl groups excluding tert-OH is 1. The highest BCUT2D eigenvalue weighted by Gasteiger charge is 2.17. The van der Waals surface area contributed by atoms with Gasteiger partial charge in [0.15, 0.2) is 0 Å². The highest BCUT2D eigenvalue weighted by molar-refractivity contribution is 5.97. The minimum absolute atomic E-state index is 0.112. The van der Waals surface area contributed by atoms with E-state index in [0.29, 0.717) is 18.1 Å². The van der Waals surface area contributed by atoms with Gasteiger partial charge in [-0.2, -0.15) is 0 Å². The molecule has 1 aromatic rings. The Labute approximate surface area is 113 Å². The maximum atomic E-state index is 12.0. The summed E-state index contributed by atoms with van der Waals surface area (Å²) in [5.41, 5.74) is 0.140. The summed E-state index contributed by atoms with van der Waals surface area (Å²) < 4.78 is 5.02. The first-order chi connectivity index (χ1) is 8.97. The number of hydrogen-bond donors (Lipinski definition) is 3. The molecule has 0 saturated carbocycles. The van der Waals surface area contributed by atoms with Crippen molar-refractivity contribution in [2.45, 2.75) is 26.3 Å². The number of benzene rings is 1. The molecule has 1 aromatic carbocycles. The van der Waals surface area contributed by atoms with Gasteiger partial charge in [-0.3, -0.25) is 4.79 Å². The lowest BCUT2D eigenvalue weighted by atomic mass is 10.0. The molecule has 1 amide bonds. The maximum absolute atomic E-state index is 12.0. The molecular formula is C14H21NO4. The maximum Gasteiger partial charge on any atom is 0.255 e. The molecule has 0 aliphatic rings. The summed E-state index contributed by atoms with van der Waals surface area (Å²) >= 11 is 0. The van der Waals surface area contributed by atoms with E-state index < -0.39 is 5.91 Å². The molecule has 0 fully saturated rings. The Morgan fingerprint density at radius 3 is 2.63 bits per heavy atom. The van der Waals surface area contributed by atoms with E-state index in [0.717, 1.165) is 0 Å². The Hall–Kier alpha value is -1.75. The number of carbonyl (C=O) groups excluding carboxylic acids is 1. The van der Waals surface area contributed by atoms with Crippen molar-refractivity contribution in [1.82, 2.24) is 5.32 Å². The molecule has 106 valence electrons. The van der Waals surface area contributed by atoms with E-state index in [-0.39, 0.29) is 24.0 Å². The monoisotopic (exact) mass is 267 g/mol. The number of carbonyl (C=O) groups is 1. The number of aromatic hydroxyl groups is 1. The van der Waals surface area contributed by atoms with Crippen LogP contribution in [0.3, 0.4) is 0 Å². The fraction of sp³-hybridized carbons (Fsp3) is 0.500. The predicted octanol–water partition coefficient (Wildman–Crippen LogP) is 1.54. The quantitative estimate of drug-likeness (QED) is 0.730. The second-order valence-electron chi connectivity index (χ2n) is 4.87. The number of hydrogen-bond acceptors (Lipinski definition) is 4. The molecule has 1 unspecified atom stereocenters. The van der Waals surface area contributed by atoms with E-state index in [1.165, 1.54) is 19.2 Å². The Balaban J connectivity index is 2.81. The smallest absolute Gasteiger partial charge is 0.255 e. The van der Waals surface area contributed by atoms with Crippen LogP contribution in [0.2, 0.25) is 0 Å². The predicted molar refractivity (Wildman–Crippen MR) is 72.5 cm³/mol. The average Bonchev–Trinajstić information content (AvgIpc) is 2.37. The Kier molecular flexibility index (Phi) is 5.63. The molecule has 0 heterocycles. The largest absolute Gasteiger partial charge is 0.507 e. The minimum atomic E-state index is -0.420. The van der Waals surface area contributed by atoms with Crippen molar-refractivity contribution < 1.29 is 19.7 Å². The van der Waals surface area contributed by atoms with Gasteiger partial charge in [0.05, 0.1) is 25.3 Å². The summed E-state index contributed by atoms with van der Waals surface area (Å²) in [7, 11) is 1.49. The second kappa shape index (κ2) is 6.99. The van der Waals surface area contributed by atoms with Gasteiger partial charge in [0, 0.05) is 0 Å². The van der Waals surface area contributed by atoms with Gasteiger partial charge in [0.2, 0.25) is 0 Å². The van der Waals surface area contributed by atoms with Crippen molar-refractivity contribution in [3.63, 3.8) is 0 Å². The lowest BCUT2D eigenvalue weighted by molar-refractivity contribution is 0.0905. The van der Waals surface area contributed by atoms with Crippen LogP contribution in [-0.2, 0) is 0 Å². The summed E-state index contributed by atoms with van der Waals surface area (Å²) in [5, 5.41) is 21.6. The Morgan fingerprint density at radius 1 is 1.42 bits per heavy atom. The third-order valence-electron chi connectivity index (χ3n) is 2.76. The first-order valence-corrected chi connectivity index (χ1v) is 6.26. The summed E-state index contributed by atoms with van der Waals surface area (Å²) in [6, 6.07) is 4.13. The van der Waals surface area contributed by atoms with Gasteiger partial charge in [-0.05, 0) is 30.5 Å². The average molecular weight is 267 g/mol. The molecular weight excluding hydrogens is 246 g/mol. The zero-order valence-electron chi connectivity index (χ0n) is 11.5. The van der Waals surface area contributed by atoms with E-state index in [9.17, 15) is 15.0 Å². The number of rotatable bonds is 6.